The van der Waals surface area contributed by atoms with Crippen LogP contribution in [-0.2, 0) is 4.74 Å². The van der Waals surface area contributed by atoms with E-state index in [1.54, 1.807) is 4.90 Å². The van der Waals surface area contributed by atoms with Gasteiger partial charge in [-0.15, -0.1) is 0 Å². The van der Waals surface area contributed by atoms with Crippen molar-refractivity contribution < 1.29 is 9.53 Å². The van der Waals surface area contributed by atoms with Gasteiger partial charge >= 0.3 is 6.09 Å². The Morgan fingerprint density at radius 1 is 1.43 bits per heavy atom. The summed E-state index contributed by atoms with van der Waals surface area (Å²) in [6.45, 7) is 11.2. The quantitative estimate of drug-likeness (QED) is 0.732. The number of aromatic nitrogens is 2. The Hall–Kier alpha value is -1.30. The SMILES string of the molecule is CC(C)n1nccc1C1=C(CBr)CCN(C(=O)OC(C)(C)C)C1. The average molecular weight is 384 g/mol. The largest absolute Gasteiger partial charge is 0.444 e. The Bertz CT molecular complexity index is 599. The molecule has 0 N–H and O–H groups in total. The van der Waals surface area contributed by atoms with E-state index in [2.05, 4.69) is 34.9 Å². The van der Waals surface area contributed by atoms with Crippen molar-refractivity contribution in [1.82, 2.24) is 14.7 Å². The topological polar surface area (TPSA) is 47.4 Å². The van der Waals surface area contributed by atoms with E-state index in [9.17, 15) is 4.79 Å². The predicted octanol–water partition coefficient (Wildman–Crippen LogP) is 4.25. The molecular formula is C17H26BrN3O2. The summed E-state index contributed by atoms with van der Waals surface area (Å²) in [5, 5.41) is 5.23. The summed E-state index contributed by atoms with van der Waals surface area (Å²) in [4.78, 5) is 14.2. The first-order chi connectivity index (χ1) is 10.7. The summed E-state index contributed by atoms with van der Waals surface area (Å²) in [5.74, 6) is 0. The fourth-order valence-corrected chi connectivity index (χ4v) is 3.28. The van der Waals surface area contributed by atoms with Crippen LogP contribution in [0.3, 0.4) is 0 Å². The molecule has 0 saturated heterocycles. The van der Waals surface area contributed by atoms with Gasteiger partial charge in [-0.3, -0.25) is 4.68 Å². The highest BCUT2D eigenvalue weighted by Crippen LogP contribution is 2.29. The third kappa shape index (κ3) is 4.37. The van der Waals surface area contributed by atoms with Gasteiger partial charge in [0, 0.05) is 24.1 Å². The van der Waals surface area contributed by atoms with Crippen LogP contribution < -0.4 is 0 Å². The number of hydrogen-bond acceptors (Lipinski definition) is 3. The second-order valence-electron chi connectivity index (χ2n) is 7.12. The van der Waals surface area contributed by atoms with Crippen LogP contribution >= 0.6 is 15.9 Å². The second-order valence-corrected chi connectivity index (χ2v) is 7.68. The predicted molar refractivity (Wildman–Crippen MR) is 95.8 cm³/mol. The first-order valence-electron chi connectivity index (χ1n) is 8.01. The molecule has 0 spiro atoms. The van der Waals surface area contributed by atoms with Gasteiger partial charge in [0.1, 0.15) is 5.60 Å². The molecule has 128 valence electrons. The lowest BCUT2D eigenvalue weighted by atomic mass is 9.98. The van der Waals surface area contributed by atoms with Crippen molar-refractivity contribution in [3.63, 3.8) is 0 Å². The average Bonchev–Trinajstić information content (AvgIpc) is 2.94. The molecule has 1 amide bonds. The minimum Gasteiger partial charge on any atom is -0.444 e. The van der Waals surface area contributed by atoms with Crippen molar-refractivity contribution >= 4 is 27.6 Å². The third-order valence-corrected chi connectivity index (χ3v) is 4.42. The second kappa shape index (κ2) is 7.07. The number of carbonyl (C=O) groups is 1. The number of rotatable bonds is 3. The molecule has 23 heavy (non-hydrogen) atoms. The standard InChI is InChI=1S/C17H26BrN3O2/c1-12(2)21-15(6-8-19-21)14-11-20(9-7-13(14)10-18)16(22)23-17(3,4)5/h6,8,12H,7,9-11H2,1-5H3. The van der Waals surface area contributed by atoms with Crippen molar-refractivity contribution in [2.75, 3.05) is 18.4 Å². The van der Waals surface area contributed by atoms with Gasteiger partial charge in [-0.2, -0.15) is 5.10 Å². The fourth-order valence-electron chi connectivity index (χ4n) is 2.66. The highest BCUT2D eigenvalue weighted by Gasteiger charge is 2.28. The number of alkyl halides is 1. The zero-order valence-corrected chi connectivity index (χ0v) is 16.2. The van der Waals surface area contributed by atoms with E-state index in [4.69, 9.17) is 4.74 Å². The lowest BCUT2D eigenvalue weighted by Crippen LogP contribution is -2.40. The summed E-state index contributed by atoms with van der Waals surface area (Å²) in [7, 11) is 0. The maximum Gasteiger partial charge on any atom is 0.410 e. The Morgan fingerprint density at radius 3 is 2.70 bits per heavy atom. The van der Waals surface area contributed by atoms with Crippen LogP contribution in [0.5, 0.6) is 0 Å². The van der Waals surface area contributed by atoms with Gasteiger partial charge in [-0.25, -0.2) is 4.79 Å². The molecule has 6 heteroatoms. The minimum absolute atomic E-state index is 0.251. The smallest absolute Gasteiger partial charge is 0.410 e. The molecule has 0 aliphatic carbocycles. The van der Waals surface area contributed by atoms with E-state index >= 15 is 0 Å². The van der Waals surface area contributed by atoms with Crippen molar-refractivity contribution in [2.24, 2.45) is 0 Å². The summed E-state index contributed by atoms with van der Waals surface area (Å²) in [5.41, 5.74) is 3.11. The van der Waals surface area contributed by atoms with E-state index in [-0.39, 0.29) is 12.1 Å². The van der Waals surface area contributed by atoms with E-state index < -0.39 is 5.60 Å². The Labute approximate surface area is 146 Å². The minimum atomic E-state index is -0.476. The molecule has 2 rings (SSSR count). The molecule has 0 saturated carbocycles. The van der Waals surface area contributed by atoms with Gasteiger partial charge < -0.3 is 9.64 Å². The van der Waals surface area contributed by atoms with Crippen LogP contribution in [0.4, 0.5) is 4.79 Å². The molecule has 2 heterocycles. The van der Waals surface area contributed by atoms with Crippen molar-refractivity contribution in [1.29, 1.82) is 0 Å². The summed E-state index contributed by atoms with van der Waals surface area (Å²) in [6, 6.07) is 2.30. The molecule has 1 aromatic rings. The highest BCUT2D eigenvalue weighted by molar-refractivity contribution is 9.09. The number of amides is 1. The summed E-state index contributed by atoms with van der Waals surface area (Å²) < 4.78 is 7.53. The molecule has 0 fully saturated rings. The first kappa shape index (κ1) is 18.0. The number of ether oxygens (including phenoxy) is 1. The fraction of sp³-hybridized carbons (Fsp3) is 0.647. The Kier molecular flexibility index (Phi) is 5.55. The van der Waals surface area contributed by atoms with Gasteiger partial charge in [-0.1, -0.05) is 21.5 Å². The van der Waals surface area contributed by atoms with Crippen molar-refractivity contribution in [3.8, 4) is 0 Å². The highest BCUT2D eigenvalue weighted by atomic mass is 79.9. The van der Waals surface area contributed by atoms with Gasteiger partial charge in [-0.05, 0) is 52.7 Å². The third-order valence-electron chi connectivity index (χ3n) is 3.74. The summed E-state index contributed by atoms with van der Waals surface area (Å²) >= 11 is 3.58. The van der Waals surface area contributed by atoms with E-state index in [0.29, 0.717) is 13.1 Å². The van der Waals surface area contributed by atoms with Crippen LogP contribution in [0, 0.1) is 0 Å². The van der Waals surface area contributed by atoms with Crippen LogP contribution in [0.1, 0.15) is 52.8 Å². The number of halogens is 1. The number of nitrogens with zero attached hydrogens (tertiary/aromatic N) is 3. The molecule has 1 aliphatic rings. The van der Waals surface area contributed by atoms with E-state index in [1.807, 2.05) is 37.7 Å². The maximum absolute atomic E-state index is 12.4. The van der Waals surface area contributed by atoms with Gasteiger partial charge in [0.05, 0.1) is 12.2 Å². The lowest BCUT2D eigenvalue weighted by Gasteiger charge is -2.32. The molecule has 1 aliphatic heterocycles. The van der Waals surface area contributed by atoms with Crippen LogP contribution in [0.2, 0.25) is 0 Å². The summed E-state index contributed by atoms with van der Waals surface area (Å²) in [6.07, 6.45) is 2.42. The van der Waals surface area contributed by atoms with Gasteiger partial charge in [0.25, 0.3) is 0 Å². The Morgan fingerprint density at radius 2 is 2.13 bits per heavy atom. The van der Waals surface area contributed by atoms with E-state index in [0.717, 1.165) is 17.4 Å². The van der Waals surface area contributed by atoms with Crippen molar-refractivity contribution in [3.05, 3.63) is 23.5 Å². The normalized spacial score (nSPS) is 16.2. The molecular weight excluding hydrogens is 358 g/mol. The first-order valence-corrected chi connectivity index (χ1v) is 9.13. The number of hydrogen-bond donors (Lipinski definition) is 0. The monoisotopic (exact) mass is 383 g/mol. The lowest BCUT2D eigenvalue weighted by molar-refractivity contribution is 0.0271. The van der Waals surface area contributed by atoms with Gasteiger partial charge in [0.2, 0.25) is 0 Å². The van der Waals surface area contributed by atoms with Crippen molar-refractivity contribution in [2.45, 2.75) is 52.7 Å². The molecule has 0 aromatic carbocycles. The zero-order chi connectivity index (χ0) is 17.2. The molecule has 1 aromatic heterocycles. The van der Waals surface area contributed by atoms with Crippen LogP contribution in [0.15, 0.2) is 17.8 Å². The maximum atomic E-state index is 12.4. The molecule has 0 bridgehead atoms. The van der Waals surface area contributed by atoms with Crippen LogP contribution in [-0.4, -0.2) is 44.8 Å². The van der Waals surface area contributed by atoms with Gasteiger partial charge in [0.15, 0.2) is 0 Å². The van der Waals surface area contributed by atoms with Crippen LogP contribution in [0.25, 0.3) is 5.57 Å². The Balaban J connectivity index is 2.27. The molecule has 0 unspecified atom stereocenters. The van der Waals surface area contributed by atoms with E-state index in [1.165, 1.54) is 11.1 Å². The number of carbonyl (C=O) groups excluding carboxylic acids is 1. The molecule has 5 nitrogen and oxygen atoms in total. The molecule has 0 radical (unpaired) electrons. The zero-order valence-electron chi connectivity index (χ0n) is 14.6. The molecule has 0 atom stereocenters.